The van der Waals surface area contributed by atoms with E-state index in [4.69, 9.17) is 9.47 Å². The number of carbonyl (C=O) groups is 2. The van der Waals surface area contributed by atoms with Crippen LogP contribution in [0.15, 0.2) is 41.0 Å². The number of likely N-dealkylation sites (tertiary alicyclic amines) is 1. The number of amides is 2. The van der Waals surface area contributed by atoms with Crippen molar-refractivity contribution in [3.8, 4) is 11.5 Å². The van der Waals surface area contributed by atoms with Crippen LogP contribution in [0, 0.1) is 5.92 Å². The summed E-state index contributed by atoms with van der Waals surface area (Å²) in [6.45, 7) is 1.19. The molecular weight excluding hydrogens is 414 g/mol. The molecule has 2 amide bonds. The molecule has 1 N–H and O–H groups in total. The molecule has 0 spiro atoms. The summed E-state index contributed by atoms with van der Waals surface area (Å²) in [6, 6.07) is 8.72. The molecule has 1 aromatic carbocycles. The summed E-state index contributed by atoms with van der Waals surface area (Å²) in [5.41, 5.74) is 0.537. The SMILES string of the molecule is O=C(Nc1ccc(Br)cn1)C1CCCN(C(=O)c2ccc3c(c2)OCO3)C1. The molecule has 4 rings (SSSR count). The third-order valence-electron chi connectivity index (χ3n) is 4.68. The molecule has 3 heterocycles. The maximum absolute atomic E-state index is 12.8. The van der Waals surface area contributed by atoms with Crippen LogP contribution < -0.4 is 14.8 Å². The van der Waals surface area contributed by atoms with Gasteiger partial charge in [-0.1, -0.05) is 0 Å². The maximum Gasteiger partial charge on any atom is 0.254 e. The van der Waals surface area contributed by atoms with E-state index in [1.165, 1.54) is 0 Å². The zero-order valence-electron chi connectivity index (χ0n) is 14.5. The van der Waals surface area contributed by atoms with Crippen molar-refractivity contribution in [2.45, 2.75) is 12.8 Å². The largest absolute Gasteiger partial charge is 0.454 e. The van der Waals surface area contributed by atoms with E-state index in [2.05, 4.69) is 26.2 Å². The van der Waals surface area contributed by atoms with Crippen molar-refractivity contribution in [3.05, 3.63) is 46.6 Å². The number of benzene rings is 1. The number of carbonyl (C=O) groups excluding carboxylic acids is 2. The highest BCUT2D eigenvalue weighted by Crippen LogP contribution is 2.33. The van der Waals surface area contributed by atoms with Gasteiger partial charge in [0.25, 0.3) is 5.91 Å². The van der Waals surface area contributed by atoms with E-state index in [1.54, 1.807) is 35.4 Å². The molecule has 2 aliphatic heterocycles. The Labute approximate surface area is 164 Å². The fourth-order valence-electron chi connectivity index (χ4n) is 3.27. The molecule has 1 saturated heterocycles. The van der Waals surface area contributed by atoms with Gasteiger partial charge in [0.15, 0.2) is 11.5 Å². The van der Waals surface area contributed by atoms with E-state index < -0.39 is 0 Å². The predicted molar refractivity (Wildman–Crippen MR) is 102 cm³/mol. The van der Waals surface area contributed by atoms with Gasteiger partial charge in [-0.05, 0) is 59.1 Å². The second-order valence-electron chi connectivity index (χ2n) is 6.51. The number of ether oxygens (including phenoxy) is 2. The fraction of sp³-hybridized carbons (Fsp3) is 0.316. The number of pyridine rings is 1. The third kappa shape index (κ3) is 3.90. The van der Waals surface area contributed by atoms with Gasteiger partial charge < -0.3 is 19.7 Å². The number of rotatable bonds is 3. The molecule has 27 heavy (non-hydrogen) atoms. The summed E-state index contributed by atoms with van der Waals surface area (Å²) >= 11 is 3.32. The first-order valence-corrected chi connectivity index (χ1v) is 9.51. The van der Waals surface area contributed by atoms with Crippen LogP contribution in [0.5, 0.6) is 11.5 Å². The lowest BCUT2D eigenvalue weighted by molar-refractivity contribution is -0.121. The first-order chi connectivity index (χ1) is 13.1. The van der Waals surface area contributed by atoms with E-state index in [9.17, 15) is 9.59 Å². The summed E-state index contributed by atoms with van der Waals surface area (Å²) in [4.78, 5) is 31.3. The molecule has 0 radical (unpaired) electrons. The zero-order chi connectivity index (χ0) is 18.8. The van der Waals surface area contributed by atoms with Crippen molar-refractivity contribution < 1.29 is 19.1 Å². The Bertz CT molecular complexity index is 872. The summed E-state index contributed by atoms with van der Waals surface area (Å²) in [7, 11) is 0. The highest BCUT2D eigenvalue weighted by molar-refractivity contribution is 9.10. The average Bonchev–Trinajstić information content (AvgIpc) is 3.17. The standard InChI is InChI=1S/C19H18BrN3O4/c20-14-4-6-17(21-9-14)22-18(24)13-2-1-7-23(10-13)19(25)12-3-5-15-16(8-12)27-11-26-15/h3-6,8-9,13H,1-2,7,10-11H2,(H,21,22,24). The molecule has 1 aromatic heterocycles. The van der Waals surface area contributed by atoms with Gasteiger partial charge in [0.05, 0.1) is 5.92 Å². The molecule has 8 heteroatoms. The molecule has 140 valence electrons. The molecule has 2 aromatic rings. The Morgan fingerprint density at radius 2 is 2.04 bits per heavy atom. The molecular formula is C19H18BrN3O4. The van der Waals surface area contributed by atoms with Crippen LogP contribution in [0.25, 0.3) is 0 Å². The van der Waals surface area contributed by atoms with Crippen LogP contribution in [-0.2, 0) is 4.79 Å². The number of anilines is 1. The van der Waals surface area contributed by atoms with Gasteiger partial charge in [-0.3, -0.25) is 9.59 Å². The van der Waals surface area contributed by atoms with Crippen molar-refractivity contribution >= 4 is 33.6 Å². The van der Waals surface area contributed by atoms with E-state index >= 15 is 0 Å². The van der Waals surface area contributed by atoms with Crippen LogP contribution >= 0.6 is 15.9 Å². The molecule has 7 nitrogen and oxygen atoms in total. The number of nitrogens with zero attached hydrogens (tertiary/aromatic N) is 2. The number of aromatic nitrogens is 1. The molecule has 1 fully saturated rings. The second kappa shape index (κ2) is 7.56. The van der Waals surface area contributed by atoms with Crippen LogP contribution in [0.2, 0.25) is 0 Å². The lowest BCUT2D eigenvalue weighted by Crippen LogP contribution is -2.43. The first kappa shape index (κ1) is 17.8. The van der Waals surface area contributed by atoms with Gasteiger partial charge >= 0.3 is 0 Å². The molecule has 1 unspecified atom stereocenters. The minimum absolute atomic E-state index is 0.104. The lowest BCUT2D eigenvalue weighted by atomic mass is 9.96. The van der Waals surface area contributed by atoms with E-state index in [-0.39, 0.29) is 24.5 Å². The maximum atomic E-state index is 12.8. The molecule has 1 atom stereocenters. The van der Waals surface area contributed by atoms with Gasteiger partial charge in [0.2, 0.25) is 12.7 Å². The van der Waals surface area contributed by atoms with Gasteiger partial charge in [-0.15, -0.1) is 0 Å². The van der Waals surface area contributed by atoms with Gasteiger partial charge in [-0.2, -0.15) is 0 Å². The number of hydrogen-bond acceptors (Lipinski definition) is 5. The highest BCUT2D eigenvalue weighted by Gasteiger charge is 2.29. The van der Waals surface area contributed by atoms with Gasteiger partial charge in [-0.25, -0.2) is 4.98 Å². The molecule has 0 bridgehead atoms. The Morgan fingerprint density at radius 3 is 2.85 bits per heavy atom. The number of piperidine rings is 1. The monoisotopic (exact) mass is 431 g/mol. The van der Waals surface area contributed by atoms with Crippen molar-refractivity contribution in [2.24, 2.45) is 5.92 Å². The van der Waals surface area contributed by atoms with E-state index in [1.807, 2.05) is 6.07 Å². The number of halogens is 1. The summed E-state index contributed by atoms with van der Waals surface area (Å²) < 4.78 is 11.5. The number of hydrogen-bond donors (Lipinski definition) is 1. The summed E-state index contributed by atoms with van der Waals surface area (Å²) in [5.74, 6) is 1.24. The Morgan fingerprint density at radius 1 is 1.19 bits per heavy atom. The fourth-order valence-corrected chi connectivity index (χ4v) is 3.50. The smallest absolute Gasteiger partial charge is 0.254 e. The van der Waals surface area contributed by atoms with Gasteiger partial charge in [0, 0.05) is 29.3 Å². The lowest BCUT2D eigenvalue weighted by Gasteiger charge is -2.32. The van der Waals surface area contributed by atoms with Crippen LogP contribution in [-0.4, -0.2) is 41.6 Å². The van der Waals surface area contributed by atoms with Crippen LogP contribution in [0.3, 0.4) is 0 Å². The van der Waals surface area contributed by atoms with Crippen LogP contribution in [0.1, 0.15) is 23.2 Å². The molecule has 2 aliphatic rings. The number of fused-ring (bicyclic) bond motifs is 1. The quantitative estimate of drug-likeness (QED) is 0.807. The molecule has 0 saturated carbocycles. The highest BCUT2D eigenvalue weighted by atomic mass is 79.9. The second-order valence-corrected chi connectivity index (χ2v) is 7.42. The summed E-state index contributed by atoms with van der Waals surface area (Å²) in [6.07, 6.45) is 3.15. The topological polar surface area (TPSA) is 80.8 Å². The first-order valence-electron chi connectivity index (χ1n) is 8.71. The number of nitrogens with one attached hydrogen (secondary N) is 1. The van der Waals surface area contributed by atoms with E-state index in [0.717, 1.165) is 17.3 Å². The Kier molecular flexibility index (Phi) is 4.98. The summed E-state index contributed by atoms with van der Waals surface area (Å²) in [5, 5.41) is 2.83. The Balaban J connectivity index is 1.42. The average molecular weight is 432 g/mol. The minimum Gasteiger partial charge on any atom is -0.454 e. The normalized spacial score (nSPS) is 18.3. The Hall–Kier alpha value is -2.61. The van der Waals surface area contributed by atoms with Crippen molar-refractivity contribution in [1.29, 1.82) is 0 Å². The van der Waals surface area contributed by atoms with Crippen LogP contribution in [0.4, 0.5) is 5.82 Å². The van der Waals surface area contributed by atoms with Gasteiger partial charge in [0.1, 0.15) is 5.82 Å². The zero-order valence-corrected chi connectivity index (χ0v) is 16.1. The van der Waals surface area contributed by atoms with Crippen molar-refractivity contribution in [3.63, 3.8) is 0 Å². The van der Waals surface area contributed by atoms with Crippen molar-refractivity contribution in [1.82, 2.24) is 9.88 Å². The molecule has 0 aliphatic carbocycles. The third-order valence-corrected chi connectivity index (χ3v) is 5.15. The van der Waals surface area contributed by atoms with E-state index in [0.29, 0.717) is 36.0 Å². The van der Waals surface area contributed by atoms with Crippen molar-refractivity contribution in [2.75, 3.05) is 25.2 Å². The minimum atomic E-state index is -0.262. The predicted octanol–water partition coefficient (Wildman–Crippen LogP) is 3.06.